The molecule has 1 aromatic carbocycles. The summed E-state index contributed by atoms with van der Waals surface area (Å²) in [6.45, 7) is 5.89. The molecular formula is C23H40O11S. The van der Waals surface area contributed by atoms with Crippen LogP contribution in [0.4, 0.5) is 0 Å². The van der Waals surface area contributed by atoms with Crippen LogP contribution in [0.1, 0.15) is 5.56 Å². The van der Waals surface area contributed by atoms with Crippen LogP contribution >= 0.6 is 0 Å². The van der Waals surface area contributed by atoms with Crippen molar-refractivity contribution in [2.75, 3.05) is 106 Å². The van der Waals surface area contributed by atoms with E-state index >= 15 is 0 Å². The third-order valence-corrected chi connectivity index (χ3v) is 5.36. The van der Waals surface area contributed by atoms with Gasteiger partial charge < -0.3 is 38.3 Å². The minimum atomic E-state index is -3.62. The summed E-state index contributed by atoms with van der Waals surface area (Å²) < 4.78 is 65.9. The smallest absolute Gasteiger partial charge is 0.271 e. The first-order valence-electron chi connectivity index (χ1n) is 11.7. The van der Waals surface area contributed by atoms with Crippen LogP contribution in [0.2, 0.25) is 0 Å². The average Bonchev–Trinajstić information content (AvgIpc) is 2.85. The SMILES string of the molecule is O=S(=O)(Cc1ccccc1)OCCOCCOCCOCCOCCOCCOCCOCCO. The quantitative estimate of drug-likeness (QED) is 0.135. The lowest BCUT2D eigenvalue weighted by molar-refractivity contribution is -0.0220. The Kier molecular flexibility index (Phi) is 21.1. The van der Waals surface area contributed by atoms with Crippen molar-refractivity contribution in [3.05, 3.63) is 35.9 Å². The molecule has 0 aliphatic heterocycles. The van der Waals surface area contributed by atoms with E-state index in [0.29, 0.717) is 91.5 Å². The summed E-state index contributed by atoms with van der Waals surface area (Å²) in [4.78, 5) is 0. The van der Waals surface area contributed by atoms with Crippen molar-refractivity contribution in [2.24, 2.45) is 0 Å². The Morgan fingerprint density at radius 3 is 1.23 bits per heavy atom. The number of hydrogen-bond acceptors (Lipinski definition) is 11. The molecule has 0 fully saturated rings. The van der Waals surface area contributed by atoms with E-state index in [0.717, 1.165) is 0 Å². The molecule has 0 aliphatic rings. The Bertz CT molecular complexity index is 673. The number of rotatable bonds is 26. The Balaban J connectivity index is 1.74. The summed E-state index contributed by atoms with van der Waals surface area (Å²) in [5, 5.41) is 8.55. The van der Waals surface area contributed by atoms with Crippen LogP contribution in [-0.2, 0) is 53.2 Å². The van der Waals surface area contributed by atoms with Crippen LogP contribution in [-0.4, -0.2) is 119 Å². The van der Waals surface area contributed by atoms with E-state index in [1.807, 2.05) is 6.07 Å². The molecule has 0 heterocycles. The predicted octanol–water partition coefficient (Wildman–Crippen LogP) is 0.642. The van der Waals surface area contributed by atoms with Crippen molar-refractivity contribution in [1.29, 1.82) is 0 Å². The molecule has 0 atom stereocenters. The molecule has 0 aromatic heterocycles. The van der Waals surface area contributed by atoms with Gasteiger partial charge in [-0.25, -0.2) is 0 Å². The highest BCUT2D eigenvalue weighted by Gasteiger charge is 2.12. The molecule has 1 rings (SSSR count). The fourth-order valence-electron chi connectivity index (χ4n) is 2.53. The normalized spacial score (nSPS) is 11.8. The van der Waals surface area contributed by atoms with Crippen LogP contribution in [0.3, 0.4) is 0 Å². The monoisotopic (exact) mass is 524 g/mol. The number of aliphatic hydroxyl groups is 1. The van der Waals surface area contributed by atoms with Crippen LogP contribution in [0.5, 0.6) is 0 Å². The van der Waals surface area contributed by atoms with E-state index in [-0.39, 0.29) is 25.6 Å². The first-order chi connectivity index (χ1) is 17.1. The van der Waals surface area contributed by atoms with Crippen molar-refractivity contribution < 1.29 is 50.9 Å². The Hall–Kier alpha value is -1.19. The van der Waals surface area contributed by atoms with E-state index in [1.54, 1.807) is 24.3 Å². The van der Waals surface area contributed by atoms with Gasteiger partial charge >= 0.3 is 0 Å². The molecule has 0 unspecified atom stereocenters. The zero-order chi connectivity index (χ0) is 25.3. The first kappa shape index (κ1) is 31.8. The molecule has 11 nitrogen and oxygen atoms in total. The molecular weight excluding hydrogens is 484 g/mol. The van der Waals surface area contributed by atoms with E-state index in [4.69, 9.17) is 42.4 Å². The zero-order valence-corrected chi connectivity index (χ0v) is 21.2. The van der Waals surface area contributed by atoms with Crippen molar-refractivity contribution in [3.8, 4) is 0 Å². The second-order valence-corrected chi connectivity index (χ2v) is 8.66. The summed E-state index contributed by atoms with van der Waals surface area (Å²) in [7, 11) is -3.62. The van der Waals surface area contributed by atoms with Gasteiger partial charge in [-0.1, -0.05) is 30.3 Å². The number of hydrogen-bond donors (Lipinski definition) is 1. The summed E-state index contributed by atoms with van der Waals surface area (Å²) in [5.74, 6) is -0.157. The number of ether oxygens (including phenoxy) is 7. The fourth-order valence-corrected chi connectivity index (χ4v) is 3.53. The fraction of sp³-hybridized carbons (Fsp3) is 0.739. The van der Waals surface area contributed by atoms with Crippen molar-refractivity contribution in [3.63, 3.8) is 0 Å². The summed E-state index contributed by atoms with van der Waals surface area (Å²) in [5.41, 5.74) is 0.681. The lowest BCUT2D eigenvalue weighted by Crippen LogP contribution is -2.16. The first-order valence-corrected chi connectivity index (χ1v) is 13.3. The molecule has 1 aromatic rings. The third kappa shape index (κ3) is 21.8. The average molecular weight is 525 g/mol. The zero-order valence-electron chi connectivity index (χ0n) is 20.3. The molecule has 1 N–H and O–H groups in total. The minimum absolute atomic E-state index is 0.0170. The molecule has 0 saturated carbocycles. The molecule has 0 radical (unpaired) electrons. The van der Waals surface area contributed by atoms with Gasteiger partial charge in [0, 0.05) is 0 Å². The molecule has 0 amide bonds. The lowest BCUT2D eigenvalue weighted by Gasteiger charge is -2.09. The molecule has 204 valence electrons. The molecule has 0 saturated heterocycles. The minimum Gasteiger partial charge on any atom is -0.394 e. The van der Waals surface area contributed by atoms with Gasteiger partial charge in [-0.05, 0) is 5.56 Å². The maximum absolute atomic E-state index is 11.9. The molecule has 12 heteroatoms. The maximum atomic E-state index is 11.9. The van der Waals surface area contributed by atoms with Gasteiger partial charge in [-0.3, -0.25) is 4.18 Å². The highest BCUT2D eigenvalue weighted by Crippen LogP contribution is 2.06. The topological polar surface area (TPSA) is 128 Å². The molecule has 0 bridgehead atoms. The largest absolute Gasteiger partial charge is 0.394 e. The maximum Gasteiger partial charge on any atom is 0.271 e. The Labute approximate surface area is 208 Å². The van der Waals surface area contributed by atoms with E-state index in [2.05, 4.69) is 0 Å². The second-order valence-electron chi connectivity index (χ2n) is 7.02. The predicted molar refractivity (Wildman–Crippen MR) is 128 cm³/mol. The number of aliphatic hydroxyl groups excluding tert-OH is 1. The van der Waals surface area contributed by atoms with Crippen molar-refractivity contribution in [2.45, 2.75) is 5.75 Å². The standard InChI is InChI=1S/C23H40O11S/c24-6-7-27-8-9-28-10-11-29-12-13-30-14-15-31-16-17-32-18-19-33-20-21-34-35(25,26)22-23-4-2-1-3-5-23/h1-5,24H,6-22H2. The van der Waals surface area contributed by atoms with Crippen LogP contribution in [0.25, 0.3) is 0 Å². The van der Waals surface area contributed by atoms with Gasteiger partial charge in [0.2, 0.25) is 0 Å². The van der Waals surface area contributed by atoms with Crippen LogP contribution in [0.15, 0.2) is 30.3 Å². The number of benzene rings is 1. The van der Waals surface area contributed by atoms with Crippen molar-refractivity contribution in [1.82, 2.24) is 0 Å². The van der Waals surface area contributed by atoms with Gasteiger partial charge in [0.05, 0.1) is 106 Å². The highest BCUT2D eigenvalue weighted by atomic mass is 32.2. The molecule has 0 spiro atoms. The van der Waals surface area contributed by atoms with Gasteiger partial charge in [0.15, 0.2) is 0 Å². The third-order valence-electron chi connectivity index (χ3n) is 4.14. The van der Waals surface area contributed by atoms with Gasteiger partial charge in [-0.2, -0.15) is 8.42 Å². The molecule has 0 aliphatic carbocycles. The van der Waals surface area contributed by atoms with Gasteiger partial charge in [0.1, 0.15) is 5.75 Å². The van der Waals surface area contributed by atoms with Crippen LogP contribution < -0.4 is 0 Å². The lowest BCUT2D eigenvalue weighted by atomic mass is 10.2. The highest BCUT2D eigenvalue weighted by molar-refractivity contribution is 7.85. The Morgan fingerprint density at radius 2 is 0.857 bits per heavy atom. The summed E-state index contributed by atoms with van der Waals surface area (Å²) >= 11 is 0. The van der Waals surface area contributed by atoms with E-state index < -0.39 is 10.1 Å². The van der Waals surface area contributed by atoms with Gasteiger partial charge in [-0.15, -0.1) is 0 Å². The molecule has 35 heavy (non-hydrogen) atoms. The Morgan fingerprint density at radius 1 is 0.514 bits per heavy atom. The van der Waals surface area contributed by atoms with Gasteiger partial charge in [0.25, 0.3) is 10.1 Å². The second kappa shape index (κ2) is 23.2. The van der Waals surface area contributed by atoms with E-state index in [9.17, 15) is 8.42 Å². The summed E-state index contributed by atoms with van der Waals surface area (Å²) in [6, 6.07) is 8.87. The van der Waals surface area contributed by atoms with E-state index in [1.165, 1.54) is 0 Å². The summed E-state index contributed by atoms with van der Waals surface area (Å²) in [6.07, 6.45) is 0. The van der Waals surface area contributed by atoms with Crippen LogP contribution in [0, 0.1) is 0 Å². The van der Waals surface area contributed by atoms with Crippen molar-refractivity contribution >= 4 is 10.1 Å².